The number of nitrogens with zero attached hydrogens (tertiary/aromatic N) is 3. The minimum absolute atomic E-state index is 0.00782. The van der Waals surface area contributed by atoms with Crippen LogP contribution in [0.3, 0.4) is 0 Å². The molecule has 0 radical (unpaired) electrons. The van der Waals surface area contributed by atoms with E-state index in [0.29, 0.717) is 25.9 Å². The predicted octanol–water partition coefficient (Wildman–Crippen LogP) is 1.11. The smallest absolute Gasteiger partial charge is 0.237 e. The molecule has 0 aromatic heterocycles. The van der Waals surface area contributed by atoms with E-state index in [4.69, 9.17) is 5.26 Å². The molecule has 2 N–H and O–H groups in total. The number of nitriles is 1. The maximum Gasteiger partial charge on any atom is 0.237 e. The molecule has 29 heavy (non-hydrogen) atoms. The molecule has 0 aromatic rings. The highest BCUT2D eigenvalue weighted by Gasteiger charge is 2.53. The van der Waals surface area contributed by atoms with Crippen LogP contribution < -0.4 is 5.32 Å². The van der Waals surface area contributed by atoms with Crippen LogP contribution >= 0.6 is 0 Å². The Morgan fingerprint density at radius 2 is 1.76 bits per heavy atom. The summed E-state index contributed by atoms with van der Waals surface area (Å²) in [5.41, 5.74) is -0.412. The second-order valence-electron chi connectivity index (χ2n) is 9.46. The minimum atomic E-state index is -1.12. The molecule has 0 aromatic carbocycles. The lowest BCUT2D eigenvalue weighted by Gasteiger charge is -2.54. The Bertz CT molecular complexity index is 676. The van der Waals surface area contributed by atoms with E-state index in [1.807, 2.05) is 11.0 Å². The van der Waals surface area contributed by atoms with Crippen molar-refractivity contribution >= 4 is 11.8 Å². The van der Waals surface area contributed by atoms with Crippen molar-refractivity contribution < 1.29 is 19.1 Å². The summed E-state index contributed by atoms with van der Waals surface area (Å²) in [7, 11) is 0. The van der Waals surface area contributed by atoms with Crippen LogP contribution in [0, 0.1) is 16.7 Å². The molecule has 2 unspecified atom stereocenters. The summed E-state index contributed by atoms with van der Waals surface area (Å²) in [6.45, 7) is 1.42. The van der Waals surface area contributed by atoms with Gasteiger partial charge in [0.2, 0.25) is 11.8 Å². The lowest BCUT2D eigenvalue weighted by atomic mass is 9.56. The van der Waals surface area contributed by atoms with Gasteiger partial charge in [0.1, 0.15) is 12.2 Å². The molecule has 0 spiro atoms. The van der Waals surface area contributed by atoms with E-state index >= 15 is 0 Å². The monoisotopic (exact) mass is 406 g/mol. The number of carbonyl (C=O) groups is 2. The van der Waals surface area contributed by atoms with Gasteiger partial charge in [-0.3, -0.25) is 9.59 Å². The van der Waals surface area contributed by atoms with Gasteiger partial charge in [0.25, 0.3) is 0 Å². The first-order valence-corrected chi connectivity index (χ1v) is 10.9. The number of rotatable bonds is 4. The first kappa shape index (κ1) is 20.5. The first-order valence-electron chi connectivity index (χ1n) is 10.9. The highest BCUT2D eigenvalue weighted by molar-refractivity contribution is 5.83. The number of hydrogen-bond donors (Lipinski definition) is 2. The molecule has 3 aliphatic carbocycles. The Hall–Kier alpha value is -1.72. The van der Waals surface area contributed by atoms with Gasteiger partial charge in [-0.1, -0.05) is 0 Å². The molecule has 5 rings (SSSR count). The summed E-state index contributed by atoms with van der Waals surface area (Å²) >= 11 is 0. The second-order valence-corrected chi connectivity index (χ2v) is 9.46. The lowest BCUT2D eigenvalue weighted by Crippen LogP contribution is -2.60. The topological polar surface area (TPSA) is 96.7 Å². The highest BCUT2D eigenvalue weighted by Crippen LogP contribution is 2.53. The highest BCUT2D eigenvalue weighted by atomic mass is 19.1. The van der Waals surface area contributed by atoms with Crippen molar-refractivity contribution in [3.8, 4) is 6.07 Å². The molecule has 7 nitrogen and oxygen atoms in total. The van der Waals surface area contributed by atoms with E-state index in [2.05, 4.69) is 5.32 Å². The Labute approximate surface area is 171 Å². The molecular formula is C21H31FN4O3. The molecular weight excluding hydrogens is 375 g/mol. The molecule has 2 saturated heterocycles. The fourth-order valence-electron chi connectivity index (χ4n) is 5.72. The van der Waals surface area contributed by atoms with Crippen LogP contribution in [0.5, 0.6) is 0 Å². The molecule has 2 atom stereocenters. The zero-order chi connectivity index (χ0) is 20.6. The molecule has 8 heteroatoms. The van der Waals surface area contributed by atoms with Crippen LogP contribution in [0.4, 0.5) is 4.39 Å². The number of aliphatic hydroxyl groups excluding tert-OH is 1. The molecule has 5 fully saturated rings. The molecule has 160 valence electrons. The Balaban J connectivity index is 1.31. The van der Waals surface area contributed by atoms with Gasteiger partial charge < -0.3 is 20.2 Å². The van der Waals surface area contributed by atoms with Gasteiger partial charge in [-0.05, 0) is 51.4 Å². The van der Waals surface area contributed by atoms with Crippen molar-refractivity contribution in [2.24, 2.45) is 5.41 Å². The van der Waals surface area contributed by atoms with Crippen LogP contribution in [0.2, 0.25) is 0 Å². The third-order valence-corrected chi connectivity index (χ3v) is 7.79. The number of alkyl halides is 1. The van der Waals surface area contributed by atoms with Crippen molar-refractivity contribution in [3.05, 3.63) is 0 Å². The quantitative estimate of drug-likeness (QED) is 0.729. The lowest BCUT2D eigenvalue weighted by molar-refractivity contribution is -0.152. The van der Waals surface area contributed by atoms with E-state index in [0.717, 1.165) is 38.5 Å². The summed E-state index contributed by atoms with van der Waals surface area (Å²) in [5, 5.41) is 22.3. The number of halogens is 1. The first-order chi connectivity index (χ1) is 13.9. The summed E-state index contributed by atoms with van der Waals surface area (Å²) in [6, 6.07) is 1.36. The van der Waals surface area contributed by atoms with Crippen LogP contribution in [-0.2, 0) is 9.59 Å². The van der Waals surface area contributed by atoms with Gasteiger partial charge in [-0.25, -0.2) is 4.39 Å². The van der Waals surface area contributed by atoms with Gasteiger partial charge >= 0.3 is 0 Å². The Morgan fingerprint density at radius 3 is 2.34 bits per heavy atom. The van der Waals surface area contributed by atoms with Crippen molar-refractivity contribution in [3.63, 3.8) is 0 Å². The summed E-state index contributed by atoms with van der Waals surface area (Å²) in [4.78, 5) is 29.0. The number of aliphatic hydroxyl groups is 1. The number of carbonyl (C=O) groups excluding carboxylic acids is 2. The van der Waals surface area contributed by atoms with Gasteiger partial charge in [-0.2, -0.15) is 5.26 Å². The molecule has 2 heterocycles. The van der Waals surface area contributed by atoms with Crippen molar-refractivity contribution in [1.29, 1.82) is 5.26 Å². The van der Waals surface area contributed by atoms with Gasteiger partial charge in [0.05, 0.1) is 25.3 Å². The van der Waals surface area contributed by atoms with E-state index < -0.39 is 12.2 Å². The largest absolute Gasteiger partial charge is 0.393 e. The number of fused-ring (bicyclic) bond motifs is 3. The molecule has 2 amide bonds. The number of amides is 2. The number of likely N-dealkylation sites (tertiary alicyclic amines) is 2. The zero-order valence-electron chi connectivity index (χ0n) is 16.9. The molecule has 3 saturated carbocycles. The number of piperidine rings is 1. The standard InChI is InChI=1S/C21H31FN4O3/c22-15-11-16(12-23)26(14-15)18(28)13-24-21-6-3-20(4-7-21,5-8-21)19(29)25-9-1-17(27)2-10-25/h15-17,24,27H,1-11,13-14H2. The summed E-state index contributed by atoms with van der Waals surface area (Å²) in [6.07, 6.45) is 5.06. The SMILES string of the molecule is N#CC1CC(F)CN1C(=O)CNC12CCC(C(=O)N3CCC(O)CC3)(CC1)CC2. The Kier molecular flexibility index (Phi) is 5.56. The van der Waals surface area contributed by atoms with Gasteiger partial charge in [-0.15, -0.1) is 0 Å². The molecule has 5 aliphatic rings. The van der Waals surface area contributed by atoms with Crippen LogP contribution in [-0.4, -0.2) is 76.8 Å². The van der Waals surface area contributed by atoms with Crippen molar-refractivity contribution in [2.45, 2.75) is 81.6 Å². The number of hydrogen-bond acceptors (Lipinski definition) is 5. The normalized spacial score (nSPS) is 37.6. The fourth-order valence-corrected chi connectivity index (χ4v) is 5.72. The average Bonchev–Trinajstić information content (AvgIpc) is 3.14. The van der Waals surface area contributed by atoms with E-state index in [1.54, 1.807) is 0 Å². The van der Waals surface area contributed by atoms with Crippen LogP contribution in [0.25, 0.3) is 0 Å². The van der Waals surface area contributed by atoms with E-state index in [1.165, 1.54) is 4.90 Å². The average molecular weight is 407 g/mol. The van der Waals surface area contributed by atoms with Crippen molar-refractivity contribution in [2.75, 3.05) is 26.2 Å². The zero-order valence-corrected chi connectivity index (χ0v) is 16.9. The summed E-state index contributed by atoms with van der Waals surface area (Å²) < 4.78 is 13.6. The van der Waals surface area contributed by atoms with Gasteiger partial charge in [0.15, 0.2) is 0 Å². The minimum Gasteiger partial charge on any atom is -0.393 e. The van der Waals surface area contributed by atoms with E-state index in [-0.39, 0.29) is 48.4 Å². The number of nitrogens with one attached hydrogen (secondary N) is 1. The molecule has 2 bridgehead atoms. The molecule has 2 aliphatic heterocycles. The van der Waals surface area contributed by atoms with Crippen molar-refractivity contribution in [1.82, 2.24) is 15.1 Å². The second kappa shape index (κ2) is 7.84. The van der Waals surface area contributed by atoms with Gasteiger partial charge in [0, 0.05) is 30.5 Å². The van der Waals surface area contributed by atoms with Crippen LogP contribution in [0.15, 0.2) is 0 Å². The third kappa shape index (κ3) is 3.87. The fraction of sp³-hybridized carbons (Fsp3) is 0.857. The predicted molar refractivity (Wildman–Crippen MR) is 103 cm³/mol. The maximum atomic E-state index is 13.6. The third-order valence-electron chi connectivity index (χ3n) is 7.79. The maximum absolute atomic E-state index is 13.6. The van der Waals surface area contributed by atoms with Crippen LogP contribution in [0.1, 0.15) is 57.8 Å². The summed E-state index contributed by atoms with van der Waals surface area (Å²) in [5.74, 6) is 0.0353. The Morgan fingerprint density at radius 1 is 1.14 bits per heavy atom. The van der Waals surface area contributed by atoms with E-state index in [9.17, 15) is 19.1 Å².